The fourth-order valence-corrected chi connectivity index (χ4v) is 3.69. The topological polar surface area (TPSA) is 101 Å². The third-order valence-electron chi connectivity index (χ3n) is 5.27. The Labute approximate surface area is 178 Å². The number of amides is 1. The standard InChI is InChI=1S/C24H19N3O4/c1-31-18-11-9-17(10-12-18)27-21-3-2-4-22(28)19(21)13-20(24(27)30)23(29)26-16-7-5-15(14-25)6-8-16/h5-13H,2-4H2,1H3,(H,26,29). The third kappa shape index (κ3) is 3.83. The molecule has 31 heavy (non-hydrogen) atoms. The summed E-state index contributed by atoms with van der Waals surface area (Å²) in [6.07, 6.45) is 1.60. The van der Waals surface area contributed by atoms with Gasteiger partial charge in [0.05, 0.1) is 18.7 Å². The minimum Gasteiger partial charge on any atom is -0.497 e. The molecule has 1 amide bonds. The summed E-state index contributed by atoms with van der Waals surface area (Å²) in [4.78, 5) is 38.9. The zero-order chi connectivity index (χ0) is 22.0. The Hall–Kier alpha value is -4.18. The van der Waals surface area contributed by atoms with Crippen LogP contribution in [0, 0.1) is 11.3 Å². The molecule has 1 N–H and O–H groups in total. The largest absolute Gasteiger partial charge is 0.497 e. The second-order valence-electron chi connectivity index (χ2n) is 7.18. The summed E-state index contributed by atoms with van der Waals surface area (Å²) >= 11 is 0. The summed E-state index contributed by atoms with van der Waals surface area (Å²) < 4.78 is 6.63. The van der Waals surface area contributed by atoms with Crippen molar-refractivity contribution in [3.05, 3.63) is 87.3 Å². The molecule has 0 atom stereocenters. The van der Waals surface area contributed by atoms with Gasteiger partial charge in [0.2, 0.25) is 0 Å². The molecule has 7 heteroatoms. The first-order valence-corrected chi connectivity index (χ1v) is 9.80. The zero-order valence-corrected chi connectivity index (χ0v) is 16.8. The maximum absolute atomic E-state index is 13.4. The van der Waals surface area contributed by atoms with Gasteiger partial charge in [-0.05, 0) is 67.4 Å². The van der Waals surface area contributed by atoms with Crippen molar-refractivity contribution in [2.75, 3.05) is 12.4 Å². The van der Waals surface area contributed by atoms with E-state index in [2.05, 4.69) is 5.32 Å². The van der Waals surface area contributed by atoms with Gasteiger partial charge in [-0.3, -0.25) is 19.0 Å². The number of benzene rings is 2. The van der Waals surface area contributed by atoms with E-state index in [4.69, 9.17) is 10.00 Å². The number of hydrogen-bond donors (Lipinski definition) is 1. The highest BCUT2D eigenvalue weighted by molar-refractivity contribution is 6.06. The van der Waals surface area contributed by atoms with E-state index in [0.717, 1.165) is 0 Å². The molecule has 1 aliphatic carbocycles. The van der Waals surface area contributed by atoms with Crippen LogP contribution in [0.4, 0.5) is 5.69 Å². The average Bonchev–Trinajstić information content (AvgIpc) is 2.79. The molecule has 0 saturated carbocycles. The Morgan fingerprint density at radius 1 is 1.06 bits per heavy atom. The number of ether oxygens (including phenoxy) is 1. The summed E-state index contributed by atoms with van der Waals surface area (Å²) in [5.41, 5.74) is 1.86. The number of methoxy groups -OCH3 is 1. The van der Waals surface area contributed by atoms with Gasteiger partial charge < -0.3 is 10.1 Å². The smallest absolute Gasteiger partial charge is 0.268 e. The summed E-state index contributed by atoms with van der Waals surface area (Å²) in [6, 6.07) is 16.6. The van der Waals surface area contributed by atoms with E-state index in [1.165, 1.54) is 10.6 Å². The molecule has 7 nitrogen and oxygen atoms in total. The zero-order valence-electron chi connectivity index (χ0n) is 16.8. The SMILES string of the molecule is COc1ccc(-n2c3c(cc(C(=O)Nc4ccc(C#N)cc4)c2=O)C(=O)CCC3)cc1. The monoisotopic (exact) mass is 413 g/mol. The molecule has 0 spiro atoms. The lowest BCUT2D eigenvalue weighted by Gasteiger charge is -2.21. The highest BCUT2D eigenvalue weighted by atomic mass is 16.5. The third-order valence-corrected chi connectivity index (χ3v) is 5.27. The maximum Gasteiger partial charge on any atom is 0.268 e. The van der Waals surface area contributed by atoms with Gasteiger partial charge >= 0.3 is 0 Å². The molecule has 1 aromatic heterocycles. The molecule has 154 valence electrons. The number of Topliss-reactive ketones (excluding diaryl/α,β-unsaturated/α-hetero) is 1. The lowest BCUT2D eigenvalue weighted by molar-refractivity contribution is 0.0971. The number of nitrogens with zero attached hydrogens (tertiary/aromatic N) is 2. The van der Waals surface area contributed by atoms with E-state index < -0.39 is 11.5 Å². The van der Waals surface area contributed by atoms with E-state index in [0.29, 0.717) is 53.2 Å². The predicted molar refractivity (Wildman–Crippen MR) is 115 cm³/mol. The normalized spacial score (nSPS) is 12.6. The molecule has 3 aromatic rings. The van der Waals surface area contributed by atoms with Crippen LogP contribution >= 0.6 is 0 Å². The molecular formula is C24H19N3O4. The van der Waals surface area contributed by atoms with Crippen LogP contribution in [0.1, 0.15) is 44.8 Å². The van der Waals surface area contributed by atoms with Gasteiger partial charge in [-0.1, -0.05) is 0 Å². The van der Waals surface area contributed by atoms with E-state index in [9.17, 15) is 14.4 Å². The van der Waals surface area contributed by atoms with Crippen LogP contribution in [-0.4, -0.2) is 23.4 Å². The Morgan fingerprint density at radius 3 is 2.42 bits per heavy atom. The van der Waals surface area contributed by atoms with Crippen LogP contribution in [0.3, 0.4) is 0 Å². The summed E-state index contributed by atoms with van der Waals surface area (Å²) in [7, 11) is 1.55. The van der Waals surface area contributed by atoms with Crippen LogP contribution in [0.2, 0.25) is 0 Å². The number of hydrogen-bond acceptors (Lipinski definition) is 5. The van der Waals surface area contributed by atoms with E-state index >= 15 is 0 Å². The average molecular weight is 413 g/mol. The predicted octanol–water partition coefficient (Wildman–Crippen LogP) is 3.49. The molecule has 1 aliphatic rings. The number of carbonyl (C=O) groups is 2. The lowest BCUT2D eigenvalue weighted by Crippen LogP contribution is -2.33. The fraction of sp³-hybridized carbons (Fsp3) is 0.167. The van der Waals surface area contributed by atoms with Crippen molar-refractivity contribution in [1.82, 2.24) is 4.57 Å². The number of nitrogens with one attached hydrogen (secondary N) is 1. The van der Waals surface area contributed by atoms with Gasteiger partial charge in [0.15, 0.2) is 5.78 Å². The van der Waals surface area contributed by atoms with Crippen LogP contribution in [0.5, 0.6) is 5.75 Å². The first kappa shape index (κ1) is 20.1. The van der Waals surface area contributed by atoms with Crippen molar-refractivity contribution in [3.8, 4) is 17.5 Å². The van der Waals surface area contributed by atoms with Crippen molar-refractivity contribution in [2.45, 2.75) is 19.3 Å². The van der Waals surface area contributed by atoms with Gasteiger partial charge in [-0.2, -0.15) is 5.26 Å². The Balaban J connectivity index is 1.81. The van der Waals surface area contributed by atoms with Gasteiger partial charge in [-0.25, -0.2) is 0 Å². The highest BCUT2D eigenvalue weighted by Gasteiger charge is 2.26. The first-order valence-electron chi connectivity index (χ1n) is 9.80. The number of rotatable bonds is 4. The molecule has 1 heterocycles. The van der Waals surface area contributed by atoms with E-state index in [1.807, 2.05) is 6.07 Å². The van der Waals surface area contributed by atoms with Gasteiger partial charge in [0, 0.05) is 29.1 Å². The molecule has 2 aromatic carbocycles. The quantitative estimate of drug-likeness (QED) is 0.706. The molecule has 4 rings (SSSR count). The second kappa shape index (κ2) is 8.28. The summed E-state index contributed by atoms with van der Waals surface area (Å²) in [6.45, 7) is 0. The maximum atomic E-state index is 13.4. The minimum absolute atomic E-state index is 0.0871. The number of fused-ring (bicyclic) bond motifs is 1. The molecule has 0 saturated heterocycles. The minimum atomic E-state index is -0.613. The van der Waals surface area contributed by atoms with Gasteiger partial charge in [0.1, 0.15) is 11.3 Å². The van der Waals surface area contributed by atoms with Crippen molar-refractivity contribution >= 4 is 17.4 Å². The second-order valence-corrected chi connectivity index (χ2v) is 7.18. The lowest BCUT2D eigenvalue weighted by atomic mass is 9.92. The van der Waals surface area contributed by atoms with Gasteiger partial charge in [-0.15, -0.1) is 0 Å². The molecule has 0 fully saturated rings. The number of pyridine rings is 1. The molecule has 0 aliphatic heterocycles. The van der Waals surface area contributed by atoms with E-state index in [-0.39, 0.29) is 11.3 Å². The van der Waals surface area contributed by atoms with Crippen molar-refractivity contribution in [3.63, 3.8) is 0 Å². The summed E-state index contributed by atoms with van der Waals surface area (Å²) in [5.74, 6) is -0.0643. The highest BCUT2D eigenvalue weighted by Crippen LogP contribution is 2.25. The van der Waals surface area contributed by atoms with Crippen LogP contribution < -0.4 is 15.6 Å². The Morgan fingerprint density at radius 2 is 1.77 bits per heavy atom. The first-order chi connectivity index (χ1) is 15.0. The van der Waals surface area contributed by atoms with Crippen molar-refractivity contribution < 1.29 is 14.3 Å². The van der Waals surface area contributed by atoms with Crippen LogP contribution in [-0.2, 0) is 6.42 Å². The Bertz CT molecular complexity index is 1270. The fourth-order valence-electron chi connectivity index (χ4n) is 3.69. The molecular weight excluding hydrogens is 394 g/mol. The van der Waals surface area contributed by atoms with E-state index in [1.54, 1.807) is 55.6 Å². The number of carbonyl (C=O) groups excluding carboxylic acids is 2. The number of aromatic nitrogens is 1. The molecule has 0 unspecified atom stereocenters. The van der Waals surface area contributed by atoms with Crippen molar-refractivity contribution in [1.29, 1.82) is 5.26 Å². The number of nitriles is 1. The molecule has 0 bridgehead atoms. The number of ketones is 1. The Kier molecular flexibility index (Phi) is 5.37. The van der Waals surface area contributed by atoms with Crippen LogP contribution in [0.25, 0.3) is 5.69 Å². The molecule has 0 radical (unpaired) electrons. The number of anilines is 1. The van der Waals surface area contributed by atoms with Crippen LogP contribution in [0.15, 0.2) is 59.4 Å². The van der Waals surface area contributed by atoms with Gasteiger partial charge in [0.25, 0.3) is 11.5 Å². The van der Waals surface area contributed by atoms with Crippen molar-refractivity contribution in [2.24, 2.45) is 0 Å². The summed E-state index contributed by atoms with van der Waals surface area (Å²) in [5, 5.41) is 11.6.